The van der Waals surface area contributed by atoms with Crippen LogP contribution < -0.4 is 10.6 Å². The van der Waals surface area contributed by atoms with Gasteiger partial charge in [-0.25, -0.2) is 0 Å². The highest BCUT2D eigenvalue weighted by Gasteiger charge is 2.32. The van der Waals surface area contributed by atoms with E-state index in [1.54, 1.807) is 6.20 Å². The number of anilines is 1. The van der Waals surface area contributed by atoms with Crippen LogP contribution in [-0.4, -0.2) is 23.5 Å². The van der Waals surface area contributed by atoms with E-state index in [4.69, 9.17) is 11.6 Å². The highest BCUT2D eigenvalue weighted by Crippen LogP contribution is 2.32. The first kappa shape index (κ1) is 23.4. The van der Waals surface area contributed by atoms with Gasteiger partial charge in [0, 0.05) is 29.9 Å². The van der Waals surface area contributed by atoms with Gasteiger partial charge in [0.2, 0.25) is 0 Å². The fourth-order valence-electron chi connectivity index (χ4n) is 4.39. The van der Waals surface area contributed by atoms with Gasteiger partial charge >= 0.3 is 6.18 Å². The van der Waals surface area contributed by atoms with E-state index in [2.05, 4.69) is 34.7 Å². The average molecular weight is 476 g/mol. The third-order valence-electron chi connectivity index (χ3n) is 6.28. The molecule has 2 N–H and O–H groups in total. The minimum atomic E-state index is -4.52. The van der Waals surface area contributed by atoms with E-state index in [1.165, 1.54) is 0 Å². The van der Waals surface area contributed by atoms with Gasteiger partial charge in [-0.1, -0.05) is 17.7 Å². The molecule has 0 unspecified atom stereocenters. The van der Waals surface area contributed by atoms with Gasteiger partial charge in [-0.3, -0.25) is 9.78 Å². The molecule has 4 nitrogen and oxygen atoms in total. The molecule has 1 saturated carbocycles. The molecule has 8 heteroatoms. The summed E-state index contributed by atoms with van der Waals surface area (Å²) in [6.45, 7) is 2.88. The van der Waals surface area contributed by atoms with Crippen LogP contribution in [0, 0.1) is 12.8 Å². The number of hydrogen-bond acceptors (Lipinski definition) is 3. The number of alkyl halides is 3. The van der Waals surface area contributed by atoms with Crippen LogP contribution in [0.25, 0.3) is 10.9 Å². The second-order valence-electron chi connectivity index (χ2n) is 8.59. The number of nitrogens with one attached hydrogen (secondary N) is 2. The molecule has 1 fully saturated rings. The Kier molecular flexibility index (Phi) is 6.79. The Morgan fingerprint density at radius 3 is 2.61 bits per heavy atom. The molecule has 4 rings (SSSR count). The monoisotopic (exact) mass is 475 g/mol. The lowest BCUT2D eigenvalue weighted by atomic mass is 9.85. The molecule has 0 aliphatic heterocycles. The zero-order chi connectivity index (χ0) is 23.6. The van der Waals surface area contributed by atoms with Gasteiger partial charge < -0.3 is 10.6 Å². The number of carbonyl (C=O) groups excluding carboxylic acids is 1. The van der Waals surface area contributed by atoms with Crippen LogP contribution in [0.3, 0.4) is 0 Å². The smallest absolute Gasteiger partial charge is 0.384 e. The molecule has 1 aliphatic rings. The van der Waals surface area contributed by atoms with E-state index in [-0.39, 0.29) is 16.6 Å². The van der Waals surface area contributed by atoms with Crippen molar-refractivity contribution in [1.82, 2.24) is 10.3 Å². The molecule has 1 amide bonds. The fraction of sp³-hybridized carbons (Fsp3) is 0.360. The predicted octanol–water partition coefficient (Wildman–Crippen LogP) is 6.62. The lowest BCUT2D eigenvalue weighted by molar-refractivity contribution is -0.137. The van der Waals surface area contributed by atoms with Gasteiger partial charge in [-0.2, -0.15) is 13.2 Å². The first-order valence-electron chi connectivity index (χ1n) is 11.0. The second-order valence-corrected chi connectivity index (χ2v) is 9.00. The second kappa shape index (κ2) is 9.59. The zero-order valence-corrected chi connectivity index (χ0v) is 18.9. The quantitative estimate of drug-likeness (QED) is 0.436. The van der Waals surface area contributed by atoms with Crippen molar-refractivity contribution >= 4 is 34.1 Å². The number of pyridine rings is 1. The Bertz CT molecular complexity index is 1160. The standard InChI is InChI=1S/C25H25ClF3N3O/c1-15-4-11-22-19(3-2-12-30-22)23(15)31-14-16-5-8-18(9-6-16)32-24(33)20-13-17(25(27,28)29)7-10-21(20)26/h2-4,7,10-13,16,18,31H,5-6,8-9,14H2,1H3,(H,32,33)/t16-,18-. The number of fused-ring (bicyclic) bond motifs is 1. The molecule has 0 spiro atoms. The molecule has 3 aromatic rings. The van der Waals surface area contributed by atoms with E-state index in [9.17, 15) is 18.0 Å². The molecule has 0 bridgehead atoms. The number of hydrogen-bond donors (Lipinski definition) is 2. The van der Waals surface area contributed by atoms with Crippen LogP contribution in [-0.2, 0) is 6.18 Å². The van der Waals surface area contributed by atoms with Crippen molar-refractivity contribution in [2.24, 2.45) is 5.92 Å². The van der Waals surface area contributed by atoms with Crippen LogP contribution in [0.15, 0.2) is 48.7 Å². The molecule has 174 valence electrons. The SMILES string of the molecule is Cc1ccc2ncccc2c1NC[C@H]1CC[C@H](NC(=O)c2cc(C(F)(F)F)ccc2Cl)CC1. The number of amides is 1. The first-order chi connectivity index (χ1) is 15.7. The molecule has 0 radical (unpaired) electrons. The van der Waals surface area contributed by atoms with Crippen LogP contribution >= 0.6 is 11.6 Å². The van der Waals surface area contributed by atoms with E-state index in [0.717, 1.165) is 72.6 Å². The fourth-order valence-corrected chi connectivity index (χ4v) is 4.60. The van der Waals surface area contributed by atoms with Crippen molar-refractivity contribution in [1.29, 1.82) is 0 Å². The lowest BCUT2D eigenvalue weighted by Gasteiger charge is -2.30. The third-order valence-corrected chi connectivity index (χ3v) is 6.61. The maximum atomic E-state index is 13.0. The van der Waals surface area contributed by atoms with E-state index in [1.807, 2.05) is 12.1 Å². The highest BCUT2D eigenvalue weighted by molar-refractivity contribution is 6.33. The molecule has 0 atom stereocenters. The number of aromatic nitrogens is 1. The number of nitrogens with zero attached hydrogens (tertiary/aromatic N) is 1. The van der Waals surface area contributed by atoms with Crippen molar-refractivity contribution in [2.45, 2.75) is 44.8 Å². The number of rotatable bonds is 5. The summed E-state index contributed by atoms with van der Waals surface area (Å²) in [6, 6.07) is 10.8. The lowest BCUT2D eigenvalue weighted by Crippen LogP contribution is -2.38. The van der Waals surface area contributed by atoms with Crippen LogP contribution in [0.4, 0.5) is 18.9 Å². The number of benzene rings is 2. The summed E-state index contributed by atoms with van der Waals surface area (Å²) in [6.07, 6.45) is 0.620. The molecule has 1 aliphatic carbocycles. The Morgan fingerprint density at radius 1 is 1.12 bits per heavy atom. The van der Waals surface area contributed by atoms with Crippen molar-refractivity contribution < 1.29 is 18.0 Å². The Labute approximate surface area is 195 Å². The minimum absolute atomic E-state index is 0.0123. The van der Waals surface area contributed by atoms with Crippen LogP contribution in [0.5, 0.6) is 0 Å². The van der Waals surface area contributed by atoms with E-state index in [0.29, 0.717) is 5.92 Å². The van der Waals surface area contributed by atoms with Crippen LogP contribution in [0.1, 0.15) is 47.2 Å². The first-order valence-corrected chi connectivity index (χ1v) is 11.4. The average Bonchev–Trinajstić information content (AvgIpc) is 2.79. The zero-order valence-electron chi connectivity index (χ0n) is 18.2. The molecule has 1 heterocycles. The van der Waals surface area contributed by atoms with Crippen molar-refractivity contribution in [3.8, 4) is 0 Å². The van der Waals surface area contributed by atoms with Crippen molar-refractivity contribution in [3.05, 3.63) is 70.4 Å². The summed E-state index contributed by atoms with van der Waals surface area (Å²) >= 11 is 5.99. The number of halogens is 4. The van der Waals surface area contributed by atoms with Gasteiger partial charge in [-0.05, 0) is 80.5 Å². The van der Waals surface area contributed by atoms with E-state index < -0.39 is 17.6 Å². The Hall–Kier alpha value is -2.80. The maximum absolute atomic E-state index is 13.0. The normalized spacial score (nSPS) is 18.8. The van der Waals surface area contributed by atoms with Gasteiger partial charge in [-0.15, -0.1) is 0 Å². The van der Waals surface area contributed by atoms with E-state index >= 15 is 0 Å². The van der Waals surface area contributed by atoms with Gasteiger partial charge in [0.05, 0.1) is 21.7 Å². The maximum Gasteiger partial charge on any atom is 0.416 e. The van der Waals surface area contributed by atoms with Gasteiger partial charge in [0.25, 0.3) is 5.91 Å². The molecular weight excluding hydrogens is 451 g/mol. The van der Waals surface area contributed by atoms with Gasteiger partial charge in [0.1, 0.15) is 0 Å². The summed E-state index contributed by atoms with van der Waals surface area (Å²) in [7, 11) is 0. The summed E-state index contributed by atoms with van der Waals surface area (Å²) in [5, 5.41) is 7.55. The Balaban J connectivity index is 1.33. The van der Waals surface area contributed by atoms with Gasteiger partial charge in [0.15, 0.2) is 0 Å². The number of aryl methyl sites for hydroxylation is 1. The molecular formula is C25H25ClF3N3O. The summed E-state index contributed by atoms with van der Waals surface area (Å²) in [5.74, 6) is -0.117. The highest BCUT2D eigenvalue weighted by atomic mass is 35.5. The van der Waals surface area contributed by atoms with Crippen molar-refractivity contribution in [3.63, 3.8) is 0 Å². The molecule has 33 heavy (non-hydrogen) atoms. The van der Waals surface area contributed by atoms with Crippen molar-refractivity contribution in [2.75, 3.05) is 11.9 Å². The predicted molar refractivity (Wildman–Crippen MR) is 125 cm³/mol. The summed E-state index contributed by atoms with van der Waals surface area (Å²) < 4.78 is 39.0. The van der Waals surface area contributed by atoms with Crippen LogP contribution in [0.2, 0.25) is 5.02 Å². The largest absolute Gasteiger partial charge is 0.416 e. The third kappa shape index (κ3) is 5.41. The minimum Gasteiger partial charge on any atom is -0.384 e. The molecule has 0 saturated heterocycles. The molecule has 2 aromatic carbocycles. The summed E-state index contributed by atoms with van der Waals surface area (Å²) in [5.41, 5.74) is 2.18. The molecule has 1 aromatic heterocycles. The topological polar surface area (TPSA) is 54.0 Å². The number of carbonyl (C=O) groups is 1. The summed E-state index contributed by atoms with van der Waals surface area (Å²) in [4.78, 5) is 17.0. The Morgan fingerprint density at radius 2 is 1.88 bits per heavy atom.